The highest BCUT2D eigenvalue weighted by Crippen LogP contribution is 2.15. The maximum atomic E-state index is 9.43. The fourth-order valence-corrected chi connectivity index (χ4v) is 1.13. The predicted molar refractivity (Wildman–Crippen MR) is 51.4 cm³/mol. The molecule has 0 saturated carbocycles. The smallest absolute Gasteiger partial charge is 0.124 e. The van der Waals surface area contributed by atoms with Gasteiger partial charge in [-0.15, -0.1) is 11.6 Å². The largest absolute Gasteiger partial charge is 0.389 e. The van der Waals surface area contributed by atoms with Crippen molar-refractivity contribution in [2.24, 2.45) is 0 Å². The van der Waals surface area contributed by atoms with Crippen LogP contribution in [0.3, 0.4) is 0 Å². The van der Waals surface area contributed by atoms with Crippen LogP contribution in [0.25, 0.3) is 0 Å². The number of aliphatic hydroxyl groups is 2. The van der Waals surface area contributed by atoms with Crippen LogP contribution in [0.1, 0.15) is 11.8 Å². The van der Waals surface area contributed by atoms with Crippen LogP contribution in [0.4, 0.5) is 0 Å². The molecule has 0 amide bonds. The average Bonchev–Trinajstić information content (AvgIpc) is 2.17. The van der Waals surface area contributed by atoms with E-state index in [-0.39, 0.29) is 5.88 Å². The minimum Gasteiger partial charge on any atom is -0.389 e. The van der Waals surface area contributed by atoms with E-state index in [1.807, 2.05) is 0 Å². The standard InChI is InChI=1S/C7H8BrClN2O2/c8-6-3-10-4(2-11-6)7(13)5(12)1-9/h2-3,5,7,12-13H,1H2. The summed E-state index contributed by atoms with van der Waals surface area (Å²) in [6.07, 6.45) is 0.722. The number of alkyl halides is 1. The van der Waals surface area contributed by atoms with Crippen molar-refractivity contribution in [2.45, 2.75) is 12.2 Å². The molecular formula is C7H8BrClN2O2. The molecule has 0 saturated heterocycles. The van der Waals surface area contributed by atoms with Gasteiger partial charge >= 0.3 is 0 Å². The summed E-state index contributed by atoms with van der Waals surface area (Å²) in [6, 6.07) is 0. The summed E-state index contributed by atoms with van der Waals surface area (Å²) in [5, 5.41) is 18.6. The Kier molecular flexibility index (Phi) is 4.05. The zero-order valence-electron chi connectivity index (χ0n) is 6.56. The lowest BCUT2D eigenvalue weighted by atomic mass is 10.2. The number of halogens is 2. The van der Waals surface area contributed by atoms with Crippen LogP contribution in [0.2, 0.25) is 0 Å². The third-order valence-corrected chi connectivity index (χ3v) is 2.19. The van der Waals surface area contributed by atoms with Crippen molar-refractivity contribution in [2.75, 3.05) is 5.88 Å². The third-order valence-electron chi connectivity index (χ3n) is 1.47. The van der Waals surface area contributed by atoms with E-state index in [0.29, 0.717) is 10.3 Å². The molecule has 0 fully saturated rings. The first-order valence-electron chi connectivity index (χ1n) is 3.54. The van der Waals surface area contributed by atoms with Crippen LogP contribution < -0.4 is 0 Å². The molecule has 13 heavy (non-hydrogen) atoms. The molecule has 2 N–H and O–H groups in total. The van der Waals surface area contributed by atoms with E-state index in [4.69, 9.17) is 11.6 Å². The summed E-state index contributed by atoms with van der Waals surface area (Å²) >= 11 is 8.47. The summed E-state index contributed by atoms with van der Waals surface area (Å²) < 4.78 is 0.573. The number of hydrogen-bond donors (Lipinski definition) is 2. The number of hydrogen-bond acceptors (Lipinski definition) is 4. The van der Waals surface area contributed by atoms with Crippen molar-refractivity contribution in [1.29, 1.82) is 0 Å². The Labute approximate surface area is 88.7 Å². The van der Waals surface area contributed by atoms with Gasteiger partial charge in [0.1, 0.15) is 10.7 Å². The summed E-state index contributed by atoms with van der Waals surface area (Å²) in [7, 11) is 0. The fourth-order valence-electron chi connectivity index (χ4n) is 0.756. The highest BCUT2D eigenvalue weighted by molar-refractivity contribution is 9.10. The van der Waals surface area contributed by atoms with Crippen LogP contribution in [0, 0.1) is 0 Å². The molecule has 0 aliphatic carbocycles. The molecule has 2 unspecified atom stereocenters. The van der Waals surface area contributed by atoms with Gasteiger partial charge in [0.05, 0.1) is 30.1 Å². The molecule has 6 heteroatoms. The SMILES string of the molecule is OC(CCl)C(O)c1cnc(Br)cn1. The number of nitrogens with zero attached hydrogens (tertiary/aromatic N) is 2. The lowest BCUT2D eigenvalue weighted by Crippen LogP contribution is -2.20. The van der Waals surface area contributed by atoms with Gasteiger partial charge in [0, 0.05) is 0 Å². The maximum Gasteiger partial charge on any atom is 0.124 e. The Morgan fingerprint density at radius 1 is 1.38 bits per heavy atom. The first kappa shape index (κ1) is 10.8. The van der Waals surface area contributed by atoms with E-state index < -0.39 is 12.2 Å². The van der Waals surface area contributed by atoms with E-state index in [9.17, 15) is 10.2 Å². The zero-order valence-corrected chi connectivity index (χ0v) is 8.90. The van der Waals surface area contributed by atoms with Crippen LogP contribution in [0.5, 0.6) is 0 Å². The molecular weight excluding hydrogens is 259 g/mol. The van der Waals surface area contributed by atoms with Gasteiger partial charge in [0.25, 0.3) is 0 Å². The highest BCUT2D eigenvalue weighted by atomic mass is 79.9. The molecule has 0 aromatic carbocycles. The number of aliphatic hydroxyl groups excluding tert-OH is 2. The van der Waals surface area contributed by atoms with Gasteiger partial charge in [0.2, 0.25) is 0 Å². The fraction of sp³-hybridized carbons (Fsp3) is 0.429. The third kappa shape index (κ3) is 2.87. The van der Waals surface area contributed by atoms with Gasteiger partial charge in [-0.3, -0.25) is 4.98 Å². The van der Waals surface area contributed by atoms with Crippen LogP contribution >= 0.6 is 27.5 Å². The van der Waals surface area contributed by atoms with E-state index >= 15 is 0 Å². The minimum atomic E-state index is -1.09. The quantitative estimate of drug-likeness (QED) is 0.798. The average molecular weight is 268 g/mol. The molecule has 1 rings (SSSR count). The summed E-state index contributed by atoms with van der Waals surface area (Å²) in [4.78, 5) is 7.73. The Balaban J connectivity index is 2.77. The highest BCUT2D eigenvalue weighted by Gasteiger charge is 2.18. The minimum absolute atomic E-state index is 0.0427. The molecule has 0 bridgehead atoms. The van der Waals surface area contributed by atoms with Gasteiger partial charge in [0.15, 0.2) is 0 Å². The molecule has 2 atom stereocenters. The van der Waals surface area contributed by atoms with Crippen molar-refractivity contribution in [3.8, 4) is 0 Å². The van der Waals surface area contributed by atoms with Gasteiger partial charge < -0.3 is 10.2 Å². The molecule has 72 valence electrons. The second kappa shape index (κ2) is 4.85. The van der Waals surface area contributed by atoms with E-state index in [1.165, 1.54) is 12.4 Å². The zero-order chi connectivity index (χ0) is 9.84. The molecule has 1 aromatic rings. The monoisotopic (exact) mass is 266 g/mol. The maximum absolute atomic E-state index is 9.43. The normalized spacial score (nSPS) is 15.4. The Hall–Kier alpha value is -0.230. The second-order valence-electron chi connectivity index (χ2n) is 2.43. The van der Waals surface area contributed by atoms with E-state index in [2.05, 4.69) is 25.9 Å². The summed E-state index contributed by atoms with van der Waals surface area (Å²) in [5.41, 5.74) is 0.302. The van der Waals surface area contributed by atoms with Gasteiger partial charge in [-0.05, 0) is 15.9 Å². The lowest BCUT2D eigenvalue weighted by Gasteiger charge is -2.13. The van der Waals surface area contributed by atoms with Crippen molar-refractivity contribution >= 4 is 27.5 Å². The Morgan fingerprint density at radius 3 is 2.54 bits per heavy atom. The molecule has 1 heterocycles. The van der Waals surface area contributed by atoms with Gasteiger partial charge in [-0.25, -0.2) is 4.98 Å². The van der Waals surface area contributed by atoms with E-state index in [1.54, 1.807) is 0 Å². The molecule has 4 nitrogen and oxygen atoms in total. The van der Waals surface area contributed by atoms with Crippen molar-refractivity contribution in [3.63, 3.8) is 0 Å². The van der Waals surface area contributed by atoms with Crippen molar-refractivity contribution in [1.82, 2.24) is 9.97 Å². The lowest BCUT2D eigenvalue weighted by molar-refractivity contribution is 0.0297. The van der Waals surface area contributed by atoms with Crippen molar-refractivity contribution < 1.29 is 10.2 Å². The number of aromatic nitrogens is 2. The Bertz CT molecular complexity index is 270. The second-order valence-corrected chi connectivity index (χ2v) is 3.55. The number of rotatable bonds is 3. The summed E-state index contributed by atoms with van der Waals surface area (Å²) in [6.45, 7) is 0. The molecule has 0 radical (unpaired) electrons. The van der Waals surface area contributed by atoms with Crippen LogP contribution in [-0.4, -0.2) is 32.2 Å². The predicted octanol–water partition coefficient (Wildman–Crippen LogP) is 0.872. The van der Waals surface area contributed by atoms with Gasteiger partial charge in [-0.1, -0.05) is 0 Å². The summed E-state index contributed by atoms with van der Waals surface area (Å²) in [5.74, 6) is -0.0427. The Morgan fingerprint density at radius 2 is 2.08 bits per heavy atom. The topological polar surface area (TPSA) is 66.2 Å². The van der Waals surface area contributed by atoms with Gasteiger partial charge in [-0.2, -0.15) is 0 Å². The van der Waals surface area contributed by atoms with E-state index in [0.717, 1.165) is 0 Å². The molecule has 0 spiro atoms. The van der Waals surface area contributed by atoms with Crippen molar-refractivity contribution in [3.05, 3.63) is 22.7 Å². The van der Waals surface area contributed by atoms with Crippen LogP contribution in [-0.2, 0) is 0 Å². The van der Waals surface area contributed by atoms with Crippen LogP contribution in [0.15, 0.2) is 17.0 Å². The first-order valence-corrected chi connectivity index (χ1v) is 4.87. The molecule has 1 aromatic heterocycles. The first-order chi connectivity index (χ1) is 6.15. The molecule has 0 aliphatic rings. The molecule has 0 aliphatic heterocycles.